The van der Waals surface area contributed by atoms with Gasteiger partial charge in [-0.15, -0.1) is 0 Å². The number of aromatic hydroxyl groups is 4. The Morgan fingerprint density at radius 1 is 1.08 bits per heavy atom. The van der Waals surface area contributed by atoms with Crippen LogP contribution < -0.4 is 4.74 Å². The van der Waals surface area contributed by atoms with E-state index in [-0.39, 0.29) is 12.2 Å². The average Bonchev–Trinajstić information content (AvgIpc) is 2.92. The zero-order valence-corrected chi connectivity index (χ0v) is 13.3. The van der Waals surface area contributed by atoms with Crippen molar-refractivity contribution < 1.29 is 34.7 Å². The van der Waals surface area contributed by atoms with E-state index in [1.807, 2.05) is 0 Å². The fourth-order valence-electron chi connectivity index (χ4n) is 2.77. The lowest BCUT2D eigenvalue weighted by molar-refractivity contribution is -0.138. The molecule has 0 fully saturated rings. The summed E-state index contributed by atoms with van der Waals surface area (Å²) in [6, 6.07) is 7.07. The number of cyclic esters (lactones) is 1. The maximum atomic E-state index is 11.8. The molecule has 1 aliphatic heterocycles. The van der Waals surface area contributed by atoms with Gasteiger partial charge >= 0.3 is 5.97 Å². The highest BCUT2D eigenvalue weighted by Crippen LogP contribution is 2.39. The zero-order valence-electron chi connectivity index (χ0n) is 13.3. The molecule has 0 bridgehead atoms. The first kappa shape index (κ1) is 16.5. The fourth-order valence-corrected chi connectivity index (χ4v) is 2.77. The largest absolute Gasteiger partial charge is 0.508 e. The van der Waals surface area contributed by atoms with Gasteiger partial charge in [0.2, 0.25) is 0 Å². The molecule has 0 unspecified atom stereocenters. The maximum absolute atomic E-state index is 11.8. The van der Waals surface area contributed by atoms with E-state index in [2.05, 4.69) is 0 Å². The Labute approximate surface area is 143 Å². The van der Waals surface area contributed by atoms with E-state index >= 15 is 0 Å². The standard InChI is InChI=1S/C18H16O7/c1-24-15-7-10(19)2-3-11(15)12-8-17(22)25-16(12)6-9-4-13(20)18(23)14(21)5-9/h2-5,7-8,16,19-21,23H,6H2,1H3/t16-/m0/s1. The molecule has 0 saturated heterocycles. The molecule has 25 heavy (non-hydrogen) atoms. The Balaban J connectivity index is 1.95. The number of phenolic OH excluding ortho intramolecular Hbond substituents is 4. The topological polar surface area (TPSA) is 116 Å². The van der Waals surface area contributed by atoms with E-state index in [0.29, 0.717) is 22.4 Å². The van der Waals surface area contributed by atoms with Gasteiger partial charge in [0.15, 0.2) is 17.2 Å². The maximum Gasteiger partial charge on any atom is 0.331 e. The molecule has 7 nitrogen and oxygen atoms in total. The molecule has 0 amide bonds. The Morgan fingerprint density at radius 2 is 1.76 bits per heavy atom. The number of benzene rings is 2. The number of esters is 1. The van der Waals surface area contributed by atoms with Crippen LogP contribution in [0.15, 0.2) is 36.4 Å². The van der Waals surface area contributed by atoms with Crippen LogP contribution >= 0.6 is 0 Å². The van der Waals surface area contributed by atoms with Crippen LogP contribution in [0, 0.1) is 0 Å². The minimum Gasteiger partial charge on any atom is -0.508 e. The van der Waals surface area contributed by atoms with Crippen LogP contribution in [0.2, 0.25) is 0 Å². The third kappa shape index (κ3) is 3.16. The van der Waals surface area contributed by atoms with Crippen LogP contribution in [0.1, 0.15) is 11.1 Å². The van der Waals surface area contributed by atoms with Gasteiger partial charge in [0.05, 0.1) is 7.11 Å². The number of carbonyl (C=O) groups excluding carboxylic acids is 1. The normalized spacial score (nSPS) is 16.4. The smallest absolute Gasteiger partial charge is 0.331 e. The second-order valence-electron chi connectivity index (χ2n) is 5.60. The fraction of sp³-hybridized carbons (Fsp3) is 0.167. The number of ether oxygens (including phenoxy) is 2. The molecule has 1 atom stereocenters. The Bertz CT molecular complexity index is 847. The van der Waals surface area contributed by atoms with Gasteiger partial charge in [-0.05, 0) is 29.8 Å². The summed E-state index contributed by atoms with van der Waals surface area (Å²) in [5.41, 5.74) is 1.61. The van der Waals surface area contributed by atoms with Gasteiger partial charge in [-0.1, -0.05) is 0 Å². The van der Waals surface area contributed by atoms with Crippen molar-refractivity contribution in [3.8, 4) is 28.7 Å². The van der Waals surface area contributed by atoms with E-state index in [1.54, 1.807) is 6.07 Å². The molecule has 4 N–H and O–H groups in total. The van der Waals surface area contributed by atoms with Crippen molar-refractivity contribution in [2.75, 3.05) is 7.11 Å². The first-order valence-corrected chi connectivity index (χ1v) is 7.42. The summed E-state index contributed by atoms with van der Waals surface area (Å²) in [5, 5.41) is 38.2. The monoisotopic (exact) mass is 344 g/mol. The van der Waals surface area contributed by atoms with Crippen molar-refractivity contribution in [3.63, 3.8) is 0 Å². The van der Waals surface area contributed by atoms with Crippen molar-refractivity contribution in [3.05, 3.63) is 47.5 Å². The predicted octanol–water partition coefficient (Wildman–Crippen LogP) is 2.07. The summed E-state index contributed by atoms with van der Waals surface area (Å²) in [4.78, 5) is 11.8. The van der Waals surface area contributed by atoms with Crippen molar-refractivity contribution >= 4 is 11.5 Å². The minimum absolute atomic E-state index is 0.0244. The molecular weight excluding hydrogens is 328 g/mol. The van der Waals surface area contributed by atoms with Crippen molar-refractivity contribution in [2.24, 2.45) is 0 Å². The summed E-state index contributed by atoms with van der Waals surface area (Å²) in [7, 11) is 1.45. The van der Waals surface area contributed by atoms with Gasteiger partial charge in [0.1, 0.15) is 17.6 Å². The van der Waals surface area contributed by atoms with Crippen LogP contribution in [0.3, 0.4) is 0 Å². The van der Waals surface area contributed by atoms with Gasteiger partial charge in [0.25, 0.3) is 0 Å². The molecule has 0 aromatic heterocycles. The Morgan fingerprint density at radius 3 is 2.40 bits per heavy atom. The first-order valence-electron chi connectivity index (χ1n) is 7.42. The van der Waals surface area contributed by atoms with E-state index < -0.39 is 29.3 Å². The summed E-state index contributed by atoms with van der Waals surface area (Å²) < 4.78 is 10.5. The van der Waals surface area contributed by atoms with Crippen LogP contribution in [-0.4, -0.2) is 39.6 Å². The Hall–Kier alpha value is -3.35. The number of carbonyl (C=O) groups is 1. The highest BCUT2D eigenvalue weighted by Gasteiger charge is 2.30. The highest BCUT2D eigenvalue weighted by atomic mass is 16.5. The SMILES string of the molecule is COc1cc(O)ccc1C1=CC(=O)O[C@H]1Cc1cc(O)c(O)c(O)c1. The quantitative estimate of drug-likeness (QED) is 0.495. The molecule has 3 rings (SSSR count). The van der Waals surface area contributed by atoms with Gasteiger partial charge in [-0.25, -0.2) is 4.79 Å². The predicted molar refractivity (Wildman–Crippen MR) is 87.7 cm³/mol. The molecule has 0 aliphatic carbocycles. The van der Waals surface area contributed by atoms with Gasteiger partial charge in [-0.2, -0.15) is 0 Å². The van der Waals surface area contributed by atoms with Gasteiger partial charge < -0.3 is 29.9 Å². The lowest BCUT2D eigenvalue weighted by Crippen LogP contribution is -2.15. The highest BCUT2D eigenvalue weighted by molar-refractivity contribution is 5.98. The van der Waals surface area contributed by atoms with Crippen molar-refractivity contribution in [1.82, 2.24) is 0 Å². The van der Waals surface area contributed by atoms with E-state index in [1.165, 1.54) is 37.5 Å². The third-order valence-electron chi connectivity index (χ3n) is 3.93. The molecular formula is C18H16O7. The zero-order chi connectivity index (χ0) is 18.1. The number of hydrogen-bond donors (Lipinski definition) is 4. The molecule has 1 heterocycles. The number of methoxy groups -OCH3 is 1. The first-order chi connectivity index (χ1) is 11.9. The molecule has 2 aromatic carbocycles. The number of hydrogen-bond acceptors (Lipinski definition) is 7. The lowest BCUT2D eigenvalue weighted by Gasteiger charge is -2.17. The average molecular weight is 344 g/mol. The second kappa shape index (κ2) is 6.27. The lowest BCUT2D eigenvalue weighted by atomic mass is 9.95. The van der Waals surface area contributed by atoms with E-state index in [0.717, 1.165) is 0 Å². The molecule has 2 aromatic rings. The summed E-state index contributed by atoms with van der Waals surface area (Å²) >= 11 is 0. The van der Waals surface area contributed by atoms with E-state index in [4.69, 9.17) is 9.47 Å². The Kier molecular flexibility index (Phi) is 4.14. The van der Waals surface area contributed by atoms with Gasteiger partial charge in [-0.3, -0.25) is 0 Å². The van der Waals surface area contributed by atoms with Crippen LogP contribution in [-0.2, 0) is 16.0 Å². The summed E-state index contributed by atoms with van der Waals surface area (Å²) in [6.45, 7) is 0. The molecule has 130 valence electrons. The summed E-state index contributed by atoms with van der Waals surface area (Å²) in [6.07, 6.45) is 0.831. The molecule has 0 radical (unpaired) electrons. The van der Waals surface area contributed by atoms with Crippen LogP contribution in [0.4, 0.5) is 0 Å². The molecule has 0 spiro atoms. The summed E-state index contributed by atoms with van der Waals surface area (Å²) in [5.74, 6) is -1.66. The second-order valence-corrected chi connectivity index (χ2v) is 5.60. The molecule has 1 aliphatic rings. The third-order valence-corrected chi connectivity index (χ3v) is 3.93. The van der Waals surface area contributed by atoms with Crippen LogP contribution in [0.25, 0.3) is 5.57 Å². The molecule has 0 saturated carbocycles. The number of phenols is 4. The van der Waals surface area contributed by atoms with Crippen LogP contribution in [0.5, 0.6) is 28.7 Å². The number of rotatable bonds is 4. The van der Waals surface area contributed by atoms with Gasteiger partial charge in [0, 0.05) is 29.7 Å². The van der Waals surface area contributed by atoms with Crippen molar-refractivity contribution in [1.29, 1.82) is 0 Å². The van der Waals surface area contributed by atoms with E-state index in [9.17, 15) is 25.2 Å². The molecule has 7 heteroatoms. The minimum atomic E-state index is -0.672. The van der Waals surface area contributed by atoms with Crippen molar-refractivity contribution in [2.45, 2.75) is 12.5 Å².